The highest BCUT2D eigenvalue weighted by Crippen LogP contribution is 2.28. The van der Waals surface area contributed by atoms with Gasteiger partial charge >= 0.3 is 0 Å². The van der Waals surface area contributed by atoms with Crippen molar-refractivity contribution in [1.29, 1.82) is 0 Å². The molecule has 0 saturated carbocycles. The van der Waals surface area contributed by atoms with Gasteiger partial charge in [-0.2, -0.15) is 0 Å². The maximum absolute atomic E-state index is 6.47. The topological polar surface area (TPSA) is 18.5 Å². The molecular formula is C17H28ClN3. The predicted molar refractivity (Wildman–Crippen MR) is 92.5 cm³/mol. The summed E-state index contributed by atoms with van der Waals surface area (Å²) in [4.78, 5) is 4.78. The number of hydrogen-bond donors (Lipinski definition) is 1. The van der Waals surface area contributed by atoms with Crippen LogP contribution >= 0.6 is 11.6 Å². The Morgan fingerprint density at radius 3 is 2.81 bits per heavy atom. The van der Waals surface area contributed by atoms with Gasteiger partial charge in [0.2, 0.25) is 0 Å². The molecule has 0 spiro atoms. The van der Waals surface area contributed by atoms with Crippen LogP contribution in [0.15, 0.2) is 18.2 Å². The minimum Gasteiger partial charge on any atom is -0.373 e. The Hall–Kier alpha value is -0.770. The lowest BCUT2D eigenvalue weighted by molar-refractivity contribution is 0.314. The first-order valence-electron chi connectivity index (χ1n) is 7.97. The summed E-state index contributed by atoms with van der Waals surface area (Å²) in [6.45, 7) is 7.51. The van der Waals surface area contributed by atoms with Gasteiger partial charge in [0.25, 0.3) is 0 Å². The standard InChI is InChI=1S/C17H28ClN3/c1-5-19-13(2)16-9-8-14(11-17(16)18)21(4)12-15-7-6-10-20(15)3/h8-9,11,13,15,19H,5-7,10,12H2,1-4H3. The van der Waals surface area contributed by atoms with E-state index in [-0.39, 0.29) is 0 Å². The number of rotatable bonds is 6. The lowest BCUT2D eigenvalue weighted by Gasteiger charge is -2.28. The third kappa shape index (κ3) is 4.12. The van der Waals surface area contributed by atoms with Gasteiger partial charge in [0, 0.05) is 36.4 Å². The lowest BCUT2D eigenvalue weighted by Crippen LogP contribution is -2.36. The molecule has 2 rings (SSSR count). The Balaban J connectivity index is 2.04. The SMILES string of the molecule is CCNC(C)c1ccc(N(C)CC2CCCN2C)cc1Cl. The van der Waals surface area contributed by atoms with Crippen LogP contribution in [0.3, 0.4) is 0 Å². The van der Waals surface area contributed by atoms with Gasteiger partial charge in [-0.3, -0.25) is 0 Å². The summed E-state index contributed by atoms with van der Waals surface area (Å²) in [6, 6.07) is 7.39. The van der Waals surface area contributed by atoms with E-state index in [4.69, 9.17) is 11.6 Å². The van der Waals surface area contributed by atoms with Gasteiger partial charge < -0.3 is 15.1 Å². The Kier molecular flexibility index (Phi) is 5.91. The first-order valence-corrected chi connectivity index (χ1v) is 8.35. The average Bonchev–Trinajstić information content (AvgIpc) is 2.84. The second-order valence-corrected chi connectivity index (χ2v) is 6.55. The van der Waals surface area contributed by atoms with E-state index in [2.05, 4.69) is 61.3 Å². The Bertz CT molecular complexity index is 463. The second-order valence-electron chi connectivity index (χ2n) is 6.14. The molecule has 1 fully saturated rings. The normalized spacial score (nSPS) is 20.7. The zero-order chi connectivity index (χ0) is 15.4. The fourth-order valence-electron chi connectivity index (χ4n) is 3.15. The molecule has 1 saturated heterocycles. The van der Waals surface area contributed by atoms with Crippen LogP contribution in [0.4, 0.5) is 5.69 Å². The van der Waals surface area contributed by atoms with E-state index in [1.807, 2.05) is 0 Å². The molecule has 1 aliphatic rings. The fraction of sp³-hybridized carbons (Fsp3) is 0.647. The molecule has 0 aromatic heterocycles. The molecule has 1 aromatic rings. The highest BCUT2D eigenvalue weighted by atomic mass is 35.5. The molecule has 1 heterocycles. The van der Waals surface area contributed by atoms with Crippen LogP contribution in [-0.2, 0) is 0 Å². The van der Waals surface area contributed by atoms with Gasteiger partial charge in [-0.15, -0.1) is 0 Å². The summed E-state index contributed by atoms with van der Waals surface area (Å²) in [5, 5.41) is 4.27. The van der Waals surface area contributed by atoms with Crippen LogP contribution in [0.5, 0.6) is 0 Å². The van der Waals surface area contributed by atoms with Crippen LogP contribution in [0.1, 0.15) is 38.3 Å². The number of halogens is 1. The van der Waals surface area contributed by atoms with E-state index in [1.54, 1.807) is 0 Å². The summed E-state index contributed by atoms with van der Waals surface area (Å²) in [6.07, 6.45) is 2.61. The minimum absolute atomic E-state index is 0.294. The number of nitrogens with zero attached hydrogens (tertiary/aromatic N) is 2. The van der Waals surface area contributed by atoms with Crippen molar-refractivity contribution in [2.45, 2.75) is 38.8 Å². The fourth-order valence-corrected chi connectivity index (χ4v) is 3.49. The Labute approximate surface area is 134 Å². The van der Waals surface area contributed by atoms with Gasteiger partial charge in [0.1, 0.15) is 0 Å². The van der Waals surface area contributed by atoms with Gasteiger partial charge in [-0.05, 0) is 57.6 Å². The molecule has 118 valence electrons. The van der Waals surface area contributed by atoms with E-state index in [0.717, 1.165) is 18.1 Å². The van der Waals surface area contributed by atoms with Crippen LogP contribution in [0.2, 0.25) is 5.02 Å². The molecule has 2 unspecified atom stereocenters. The van der Waals surface area contributed by atoms with Crippen molar-refractivity contribution in [1.82, 2.24) is 10.2 Å². The molecular weight excluding hydrogens is 282 g/mol. The maximum Gasteiger partial charge on any atom is 0.0474 e. The summed E-state index contributed by atoms with van der Waals surface area (Å²) in [7, 11) is 4.38. The second kappa shape index (κ2) is 7.48. The van der Waals surface area contributed by atoms with Gasteiger partial charge in [0.15, 0.2) is 0 Å². The monoisotopic (exact) mass is 309 g/mol. The molecule has 2 atom stereocenters. The zero-order valence-corrected chi connectivity index (χ0v) is 14.5. The first kappa shape index (κ1) is 16.6. The zero-order valence-electron chi connectivity index (χ0n) is 13.7. The molecule has 1 aromatic carbocycles. The summed E-state index contributed by atoms with van der Waals surface area (Å²) < 4.78 is 0. The number of anilines is 1. The molecule has 21 heavy (non-hydrogen) atoms. The van der Waals surface area contributed by atoms with E-state index in [1.165, 1.54) is 30.6 Å². The third-order valence-electron chi connectivity index (χ3n) is 4.56. The average molecular weight is 310 g/mol. The largest absolute Gasteiger partial charge is 0.373 e. The van der Waals surface area contributed by atoms with E-state index >= 15 is 0 Å². The predicted octanol–water partition coefficient (Wildman–Crippen LogP) is 3.54. The molecule has 3 nitrogen and oxygen atoms in total. The molecule has 4 heteroatoms. The van der Waals surface area contributed by atoms with Crippen LogP contribution in [-0.4, -0.2) is 44.7 Å². The Morgan fingerprint density at radius 1 is 1.48 bits per heavy atom. The molecule has 1 N–H and O–H groups in total. The number of benzene rings is 1. The quantitative estimate of drug-likeness (QED) is 0.867. The van der Waals surface area contributed by atoms with E-state index in [0.29, 0.717) is 12.1 Å². The van der Waals surface area contributed by atoms with Crippen molar-refractivity contribution < 1.29 is 0 Å². The summed E-state index contributed by atoms with van der Waals surface area (Å²) in [5.74, 6) is 0. The van der Waals surface area contributed by atoms with Crippen molar-refractivity contribution >= 4 is 17.3 Å². The van der Waals surface area contributed by atoms with Crippen molar-refractivity contribution in [3.8, 4) is 0 Å². The molecule has 1 aliphatic heterocycles. The molecule has 0 bridgehead atoms. The number of hydrogen-bond acceptors (Lipinski definition) is 3. The highest BCUT2D eigenvalue weighted by Gasteiger charge is 2.22. The minimum atomic E-state index is 0.294. The molecule has 0 amide bonds. The Morgan fingerprint density at radius 2 is 2.24 bits per heavy atom. The van der Waals surface area contributed by atoms with Gasteiger partial charge in [-0.25, -0.2) is 0 Å². The van der Waals surface area contributed by atoms with Gasteiger partial charge in [0.05, 0.1) is 0 Å². The smallest absolute Gasteiger partial charge is 0.0474 e. The van der Waals surface area contributed by atoms with Crippen LogP contribution in [0.25, 0.3) is 0 Å². The lowest BCUT2D eigenvalue weighted by atomic mass is 10.1. The van der Waals surface area contributed by atoms with Crippen molar-refractivity contribution in [3.05, 3.63) is 28.8 Å². The number of likely N-dealkylation sites (tertiary alicyclic amines) is 1. The third-order valence-corrected chi connectivity index (χ3v) is 4.89. The van der Waals surface area contributed by atoms with E-state index in [9.17, 15) is 0 Å². The molecule has 0 radical (unpaired) electrons. The van der Waals surface area contributed by atoms with Crippen LogP contribution < -0.4 is 10.2 Å². The maximum atomic E-state index is 6.47. The first-order chi connectivity index (χ1) is 10.0. The summed E-state index contributed by atoms with van der Waals surface area (Å²) in [5.41, 5.74) is 2.38. The van der Waals surface area contributed by atoms with Crippen molar-refractivity contribution in [3.63, 3.8) is 0 Å². The van der Waals surface area contributed by atoms with Gasteiger partial charge in [-0.1, -0.05) is 24.6 Å². The van der Waals surface area contributed by atoms with Crippen LogP contribution in [0, 0.1) is 0 Å². The highest BCUT2D eigenvalue weighted by molar-refractivity contribution is 6.31. The van der Waals surface area contributed by atoms with Crippen molar-refractivity contribution in [2.24, 2.45) is 0 Å². The molecule has 0 aliphatic carbocycles. The number of likely N-dealkylation sites (N-methyl/N-ethyl adjacent to an activating group) is 2. The number of nitrogens with one attached hydrogen (secondary N) is 1. The van der Waals surface area contributed by atoms with E-state index < -0.39 is 0 Å². The summed E-state index contributed by atoms with van der Waals surface area (Å²) >= 11 is 6.47. The van der Waals surface area contributed by atoms with Crippen molar-refractivity contribution in [2.75, 3.05) is 38.6 Å².